The molecule has 2 fully saturated rings. The van der Waals surface area contributed by atoms with Crippen molar-refractivity contribution in [1.82, 2.24) is 5.32 Å². The van der Waals surface area contributed by atoms with Crippen LogP contribution in [0.5, 0.6) is 11.5 Å². The average molecular weight is 320 g/mol. The molecule has 2 aliphatic carbocycles. The fourth-order valence-electron chi connectivity index (χ4n) is 2.79. The third kappa shape index (κ3) is 3.91. The Morgan fingerprint density at radius 2 is 1.96 bits per heavy atom. The van der Waals surface area contributed by atoms with Crippen LogP contribution in [0, 0.1) is 22.0 Å². The number of hydrogen-bond acceptors (Lipinski definition) is 5. The van der Waals surface area contributed by atoms with E-state index in [1.165, 1.54) is 51.0 Å². The Morgan fingerprint density at radius 1 is 1.30 bits per heavy atom. The summed E-state index contributed by atoms with van der Waals surface area (Å²) in [5, 5.41) is 13.9. The van der Waals surface area contributed by atoms with Crippen molar-refractivity contribution in [3.05, 3.63) is 28.3 Å². The number of hydrogen-bond donors (Lipinski definition) is 1. The van der Waals surface area contributed by atoms with E-state index in [0.717, 1.165) is 0 Å². The maximum atomic E-state index is 12.1. The molecule has 0 heterocycles. The fraction of sp³-hybridized carbons (Fsp3) is 0.562. The van der Waals surface area contributed by atoms with Crippen LogP contribution in [0.1, 0.15) is 25.7 Å². The average Bonchev–Trinajstić information content (AvgIpc) is 3.42. The van der Waals surface area contributed by atoms with Crippen LogP contribution in [-0.4, -0.2) is 30.6 Å². The number of non-ortho nitro benzene ring substituents is 1. The normalized spacial score (nSPS) is 17.0. The van der Waals surface area contributed by atoms with Gasteiger partial charge in [0.2, 0.25) is 0 Å². The number of carbonyl (C=O) groups excluding carboxylic acids is 1. The van der Waals surface area contributed by atoms with Crippen LogP contribution in [0.15, 0.2) is 18.2 Å². The number of amides is 1. The van der Waals surface area contributed by atoms with E-state index in [1.807, 2.05) is 0 Å². The number of carbonyl (C=O) groups is 1. The second-order valence-electron chi connectivity index (χ2n) is 6.15. The van der Waals surface area contributed by atoms with Crippen LogP contribution < -0.4 is 14.8 Å². The van der Waals surface area contributed by atoms with E-state index in [4.69, 9.17) is 9.47 Å². The van der Waals surface area contributed by atoms with Gasteiger partial charge in [0.05, 0.1) is 18.1 Å². The molecule has 0 aromatic heterocycles. The molecule has 2 saturated carbocycles. The van der Waals surface area contributed by atoms with Crippen LogP contribution >= 0.6 is 0 Å². The summed E-state index contributed by atoms with van der Waals surface area (Å²) in [6, 6.07) is 4.33. The van der Waals surface area contributed by atoms with Gasteiger partial charge in [-0.3, -0.25) is 14.9 Å². The third-order valence-corrected chi connectivity index (χ3v) is 4.30. The van der Waals surface area contributed by atoms with Crippen LogP contribution in [0.4, 0.5) is 5.69 Å². The zero-order valence-corrected chi connectivity index (χ0v) is 13.0. The highest BCUT2D eigenvalue weighted by atomic mass is 16.6. The largest absolute Gasteiger partial charge is 0.493 e. The molecule has 0 unspecified atom stereocenters. The summed E-state index contributed by atoms with van der Waals surface area (Å²) in [6.07, 6.45) is 4.73. The van der Waals surface area contributed by atoms with E-state index in [1.54, 1.807) is 0 Å². The maximum absolute atomic E-state index is 12.1. The fourth-order valence-corrected chi connectivity index (χ4v) is 2.79. The lowest BCUT2D eigenvalue weighted by molar-refractivity contribution is -0.385. The molecule has 2 aliphatic rings. The van der Waals surface area contributed by atoms with E-state index in [2.05, 4.69) is 5.32 Å². The Balaban J connectivity index is 1.59. The van der Waals surface area contributed by atoms with Gasteiger partial charge in [0.15, 0.2) is 18.1 Å². The number of nitrogens with one attached hydrogen (secondary N) is 1. The molecule has 0 atom stereocenters. The van der Waals surface area contributed by atoms with Crippen molar-refractivity contribution < 1.29 is 19.2 Å². The van der Waals surface area contributed by atoms with Gasteiger partial charge >= 0.3 is 0 Å². The van der Waals surface area contributed by atoms with Crippen molar-refractivity contribution in [2.75, 3.05) is 13.7 Å². The Kier molecular flexibility index (Phi) is 4.36. The molecule has 0 radical (unpaired) electrons. The lowest BCUT2D eigenvalue weighted by atomic mass is 10.1. The first kappa shape index (κ1) is 15.6. The molecule has 1 amide bonds. The Bertz CT molecular complexity index is 598. The second kappa shape index (κ2) is 6.44. The minimum Gasteiger partial charge on any atom is -0.493 e. The van der Waals surface area contributed by atoms with E-state index < -0.39 is 4.92 Å². The maximum Gasteiger partial charge on any atom is 0.273 e. The number of nitro groups is 1. The molecule has 7 nitrogen and oxygen atoms in total. The molecule has 1 N–H and O–H groups in total. The van der Waals surface area contributed by atoms with Crippen molar-refractivity contribution in [1.29, 1.82) is 0 Å². The minimum absolute atomic E-state index is 0.102. The first-order valence-electron chi connectivity index (χ1n) is 7.83. The second-order valence-corrected chi connectivity index (χ2v) is 6.15. The quantitative estimate of drug-likeness (QED) is 0.586. The molecule has 3 rings (SSSR count). The summed E-state index contributed by atoms with van der Waals surface area (Å²) < 4.78 is 10.6. The molecule has 0 bridgehead atoms. The molecule has 124 valence electrons. The summed E-state index contributed by atoms with van der Waals surface area (Å²) in [4.78, 5) is 22.4. The predicted molar refractivity (Wildman–Crippen MR) is 82.5 cm³/mol. The molecule has 7 heteroatoms. The first-order chi connectivity index (χ1) is 11.1. The lowest BCUT2D eigenvalue weighted by Crippen LogP contribution is -2.40. The standard InChI is InChI=1S/C16H20N2O5/c1-22-13-7-6-12(18(20)21)8-14(13)23-9-15(19)17-16(10-2-3-10)11-4-5-11/h6-8,10-11,16H,2-5,9H2,1H3,(H,17,19). The third-order valence-electron chi connectivity index (χ3n) is 4.30. The lowest BCUT2D eigenvalue weighted by Gasteiger charge is -2.18. The van der Waals surface area contributed by atoms with Crippen molar-refractivity contribution in [2.45, 2.75) is 31.7 Å². The van der Waals surface area contributed by atoms with E-state index in [-0.39, 0.29) is 30.0 Å². The molecular weight excluding hydrogens is 300 g/mol. The van der Waals surface area contributed by atoms with Gasteiger partial charge in [-0.15, -0.1) is 0 Å². The molecule has 0 aliphatic heterocycles. The van der Waals surface area contributed by atoms with E-state index >= 15 is 0 Å². The SMILES string of the molecule is COc1ccc([N+](=O)[O-])cc1OCC(=O)NC(C1CC1)C1CC1. The van der Waals surface area contributed by atoms with Crippen LogP contribution in [-0.2, 0) is 4.79 Å². The van der Waals surface area contributed by atoms with Gasteiger partial charge < -0.3 is 14.8 Å². The number of nitro benzene ring substituents is 1. The van der Waals surface area contributed by atoms with Crippen LogP contribution in [0.25, 0.3) is 0 Å². The number of benzene rings is 1. The summed E-state index contributed by atoms with van der Waals surface area (Å²) in [5.41, 5.74) is -0.102. The van der Waals surface area contributed by atoms with Crippen LogP contribution in [0.3, 0.4) is 0 Å². The molecule has 23 heavy (non-hydrogen) atoms. The van der Waals surface area contributed by atoms with Gasteiger partial charge in [-0.25, -0.2) is 0 Å². The Morgan fingerprint density at radius 3 is 2.48 bits per heavy atom. The molecular formula is C16H20N2O5. The van der Waals surface area contributed by atoms with Crippen molar-refractivity contribution in [2.24, 2.45) is 11.8 Å². The van der Waals surface area contributed by atoms with Gasteiger partial charge in [-0.05, 0) is 43.6 Å². The predicted octanol–water partition coefficient (Wildman–Crippen LogP) is 2.29. The summed E-state index contributed by atoms with van der Waals surface area (Å²) in [5.74, 6) is 1.59. The van der Waals surface area contributed by atoms with E-state index in [0.29, 0.717) is 17.6 Å². The summed E-state index contributed by atoms with van der Waals surface area (Å²) in [6.45, 7) is -0.173. The Labute approximate surface area is 134 Å². The molecule has 1 aromatic rings. The van der Waals surface area contributed by atoms with Crippen molar-refractivity contribution in [3.63, 3.8) is 0 Å². The highest BCUT2D eigenvalue weighted by Gasteiger charge is 2.42. The van der Waals surface area contributed by atoms with Gasteiger partial charge in [-0.2, -0.15) is 0 Å². The highest BCUT2D eigenvalue weighted by molar-refractivity contribution is 5.78. The van der Waals surface area contributed by atoms with E-state index in [9.17, 15) is 14.9 Å². The minimum atomic E-state index is -0.511. The van der Waals surface area contributed by atoms with Crippen LogP contribution in [0.2, 0.25) is 0 Å². The smallest absolute Gasteiger partial charge is 0.273 e. The monoisotopic (exact) mass is 320 g/mol. The number of nitrogens with zero attached hydrogens (tertiary/aromatic N) is 1. The molecule has 0 spiro atoms. The highest BCUT2D eigenvalue weighted by Crippen LogP contribution is 2.44. The van der Waals surface area contributed by atoms with Gasteiger partial charge in [0.1, 0.15) is 0 Å². The number of rotatable bonds is 8. The topological polar surface area (TPSA) is 90.7 Å². The Hall–Kier alpha value is -2.31. The van der Waals surface area contributed by atoms with Gasteiger partial charge in [-0.1, -0.05) is 0 Å². The zero-order valence-electron chi connectivity index (χ0n) is 13.0. The first-order valence-corrected chi connectivity index (χ1v) is 7.83. The molecule has 1 aromatic carbocycles. The van der Waals surface area contributed by atoms with Crippen molar-refractivity contribution in [3.8, 4) is 11.5 Å². The zero-order chi connectivity index (χ0) is 16.4. The van der Waals surface area contributed by atoms with Crippen molar-refractivity contribution >= 4 is 11.6 Å². The number of methoxy groups -OCH3 is 1. The summed E-state index contributed by atoms with van der Waals surface area (Å²) >= 11 is 0. The molecule has 0 saturated heterocycles. The van der Waals surface area contributed by atoms with Gasteiger partial charge in [0, 0.05) is 12.1 Å². The van der Waals surface area contributed by atoms with Gasteiger partial charge in [0.25, 0.3) is 11.6 Å². The number of ether oxygens (including phenoxy) is 2. The summed E-state index contributed by atoms with van der Waals surface area (Å²) in [7, 11) is 1.45.